The van der Waals surface area contributed by atoms with Gasteiger partial charge in [-0.2, -0.15) is 0 Å². The van der Waals surface area contributed by atoms with Gasteiger partial charge in [-0.25, -0.2) is 9.59 Å². The van der Waals surface area contributed by atoms with Crippen molar-refractivity contribution in [1.29, 1.82) is 0 Å². The van der Waals surface area contributed by atoms with Crippen LogP contribution in [0.15, 0.2) is 24.3 Å². The van der Waals surface area contributed by atoms with E-state index in [1.165, 1.54) is 14.2 Å². The summed E-state index contributed by atoms with van der Waals surface area (Å²) in [5, 5.41) is 2.44. The fraction of sp³-hybridized carbons (Fsp3) is 0.526. The van der Waals surface area contributed by atoms with Gasteiger partial charge in [-0.05, 0) is 39.3 Å². The number of hydrogen-bond acceptors (Lipinski definition) is 7. The van der Waals surface area contributed by atoms with Gasteiger partial charge in [0.1, 0.15) is 17.4 Å². The molecule has 0 aliphatic carbocycles. The maximum absolute atomic E-state index is 12.5. The number of para-hydroxylation sites is 1. The molecule has 1 aromatic rings. The Morgan fingerprint density at radius 3 is 2.37 bits per heavy atom. The van der Waals surface area contributed by atoms with E-state index in [0.717, 1.165) is 0 Å². The SMILES string of the molecule is COCOc1ccccc1C(=O)CCC(NC(=O)OC(C)(C)C)C(=O)OC. The Kier molecular flexibility index (Phi) is 8.74. The highest BCUT2D eigenvalue weighted by atomic mass is 16.7. The Labute approximate surface area is 159 Å². The van der Waals surface area contributed by atoms with Crippen molar-refractivity contribution in [2.45, 2.75) is 45.3 Å². The Bertz CT molecular complexity index is 652. The standard InChI is InChI=1S/C19H27NO7/c1-19(2,3)27-18(23)20-14(17(22)25-5)10-11-15(21)13-8-6-7-9-16(13)26-12-24-4/h6-9,14H,10-12H2,1-5H3,(H,20,23). The Morgan fingerprint density at radius 2 is 1.78 bits per heavy atom. The van der Waals surface area contributed by atoms with E-state index >= 15 is 0 Å². The molecule has 0 aromatic heterocycles. The molecule has 1 rings (SSSR count). The molecule has 8 heteroatoms. The van der Waals surface area contributed by atoms with Crippen LogP contribution in [0.2, 0.25) is 0 Å². The van der Waals surface area contributed by atoms with Gasteiger partial charge in [-0.1, -0.05) is 12.1 Å². The number of hydrogen-bond donors (Lipinski definition) is 1. The molecule has 0 aliphatic heterocycles. The van der Waals surface area contributed by atoms with Gasteiger partial charge < -0.3 is 24.3 Å². The Hall–Kier alpha value is -2.61. The molecule has 0 fully saturated rings. The van der Waals surface area contributed by atoms with Gasteiger partial charge in [0, 0.05) is 13.5 Å². The summed E-state index contributed by atoms with van der Waals surface area (Å²) in [6.45, 7) is 5.13. The molecule has 0 bridgehead atoms. The van der Waals surface area contributed by atoms with Gasteiger partial charge in [0.25, 0.3) is 0 Å². The minimum atomic E-state index is -0.999. The van der Waals surface area contributed by atoms with Crippen molar-refractivity contribution in [1.82, 2.24) is 5.32 Å². The van der Waals surface area contributed by atoms with Crippen LogP contribution in [0.4, 0.5) is 4.79 Å². The van der Waals surface area contributed by atoms with E-state index in [1.54, 1.807) is 45.0 Å². The number of benzene rings is 1. The van der Waals surface area contributed by atoms with Gasteiger partial charge in [0.15, 0.2) is 12.6 Å². The predicted octanol–water partition coefficient (Wildman–Crippen LogP) is 2.70. The van der Waals surface area contributed by atoms with Crippen molar-refractivity contribution in [3.63, 3.8) is 0 Å². The summed E-state index contributed by atoms with van der Waals surface area (Å²) in [6.07, 6.45) is -0.694. The number of amides is 1. The molecule has 1 N–H and O–H groups in total. The molecule has 1 amide bonds. The van der Waals surface area contributed by atoms with Crippen LogP contribution in [-0.4, -0.2) is 50.5 Å². The monoisotopic (exact) mass is 381 g/mol. The molecule has 8 nitrogen and oxygen atoms in total. The minimum absolute atomic E-state index is 0.00290. The van der Waals surface area contributed by atoms with Crippen molar-refractivity contribution in [2.24, 2.45) is 0 Å². The highest BCUT2D eigenvalue weighted by molar-refractivity contribution is 5.99. The lowest BCUT2D eigenvalue weighted by molar-refractivity contribution is -0.143. The van der Waals surface area contributed by atoms with Crippen molar-refractivity contribution in [3.05, 3.63) is 29.8 Å². The van der Waals surface area contributed by atoms with E-state index in [1.807, 2.05) is 0 Å². The number of methoxy groups -OCH3 is 2. The lowest BCUT2D eigenvalue weighted by Gasteiger charge is -2.22. The van der Waals surface area contributed by atoms with Gasteiger partial charge in [-0.15, -0.1) is 0 Å². The molecule has 27 heavy (non-hydrogen) atoms. The van der Waals surface area contributed by atoms with Crippen molar-refractivity contribution >= 4 is 17.8 Å². The van der Waals surface area contributed by atoms with Gasteiger partial charge in [-0.3, -0.25) is 4.79 Å². The first-order valence-electron chi connectivity index (χ1n) is 8.49. The molecule has 0 spiro atoms. The molecule has 0 heterocycles. The van der Waals surface area contributed by atoms with E-state index in [-0.39, 0.29) is 25.4 Å². The molecule has 1 unspecified atom stereocenters. The molecule has 0 aliphatic rings. The zero-order valence-electron chi connectivity index (χ0n) is 16.4. The fourth-order valence-electron chi connectivity index (χ4n) is 2.20. The van der Waals surface area contributed by atoms with Crippen LogP contribution in [-0.2, 0) is 19.0 Å². The topological polar surface area (TPSA) is 100 Å². The van der Waals surface area contributed by atoms with E-state index in [9.17, 15) is 14.4 Å². The number of carbonyl (C=O) groups is 3. The number of ether oxygens (including phenoxy) is 4. The number of esters is 1. The average Bonchev–Trinajstić information content (AvgIpc) is 2.61. The van der Waals surface area contributed by atoms with E-state index in [0.29, 0.717) is 11.3 Å². The van der Waals surface area contributed by atoms with Gasteiger partial charge in [0.05, 0.1) is 12.7 Å². The number of rotatable bonds is 9. The summed E-state index contributed by atoms with van der Waals surface area (Å²) in [5.74, 6) is -0.502. The first-order valence-corrected chi connectivity index (χ1v) is 8.49. The summed E-state index contributed by atoms with van der Waals surface area (Å²) >= 11 is 0. The summed E-state index contributed by atoms with van der Waals surface area (Å²) in [4.78, 5) is 36.4. The molecule has 0 saturated carbocycles. The second kappa shape index (κ2) is 10.5. The molecule has 0 radical (unpaired) electrons. The van der Waals surface area contributed by atoms with E-state index in [4.69, 9.17) is 18.9 Å². The number of alkyl carbamates (subject to hydrolysis) is 1. The van der Waals surface area contributed by atoms with Crippen molar-refractivity contribution < 1.29 is 33.3 Å². The molecule has 0 saturated heterocycles. The number of ketones is 1. The molecule has 1 aromatic carbocycles. The van der Waals surface area contributed by atoms with Crippen LogP contribution in [0.25, 0.3) is 0 Å². The molecular formula is C19H27NO7. The number of carbonyl (C=O) groups excluding carboxylic acids is 3. The molecule has 1 atom stereocenters. The molecular weight excluding hydrogens is 354 g/mol. The normalized spacial score (nSPS) is 12.0. The van der Waals surface area contributed by atoms with Crippen LogP contribution >= 0.6 is 0 Å². The zero-order chi connectivity index (χ0) is 20.4. The second-order valence-corrected chi connectivity index (χ2v) is 6.73. The van der Waals surface area contributed by atoms with Gasteiger partial charge >= 0.3 is 12.1 Å². The van der Waals surface area contributed by atoms with E-state index in [2.05, 4.69) is 5.32 Å². The minimum Gasteiger partial charge on any atom is -0.467 e. The van der Waals surface area contributed by atoms with Crippen LogP contribution < -0.4 is 10.1 Å². The largest absolute Gasteiger partial charge is 0.467 e. The van der Waals surface area contributed by atoms with Crippen LogP contribution in [0.5, 0.6) is 5.75 Å². The summed E-state index contributed by atoms with van der Waals surface area (Å²) in [6, 6.07) is 5.73. The van der Waals surface area contributed by atoms with Crippen LogP contribution in [0, 0.1) is 0 Å². The van der Waals surface area contributed by atoms with Crippen molar-refractivity contribution in [2.75, 3.05) is 21.0 Å². The van der Waals surface area contributed by atoms with Gasteiger partial charge in [0.2, 0.25) is 0 Å². The predicted molar refractivity (Wildman–Crippen MR) is 97.7 cm³/mol. The van der Waals surface area contributed by atoms with E-state index < -0.39 is 23.7 Å². The highest BCUT2D eigenvalue weighted by Crippen LogP contribution is 2.21. The first-order chi connectivity index (χ1) is 12.7. The van der Waals surface area contributed by atoms with Crippen LogP contribution in [0.3, 0.4) is 0 Å². The van der Waals surface area contributed by atoms with Crippen LogP contribution in [0.1, 0.15) is 44.0 Å². The Morgan fingerprint density at radius 1 is 1.11 bits per heavy atom. The van der Waals surface area contributed by atoms with Crippen molar-refractivity contribution in [3.8, 4) is 5.75 Å². The maximum Gasteiger partial charge on any atom is 0.408 e. The quantitative estimate of drug-likeness (QED) is 0.399. The number of Topliss-reactive ketones (excluding diaryl/α,β-unsaturated/α-hetero) is 1. The summed E-state index contributed by atoms with van der Waals surface area (Å²) in [7, 11) is 2.69. The Balaban J connectivity index is 2.76. The zero-order valence-corrected chi connectivity index (χ0v) is 16.4. The lowest BCUT2D eigenvalue weighted by Crippen LogP contribution is -2.44. The lowest BCUT2D eigenvalue weighted by atomic mass is 10.0. The average molecular weight is 381 g/mol. The smallest absolute Gasteiger partial charge is 0.408 e. The summed E-state index contributed by atoms with van der Waals surface area (Å²) in [5.41, 5.74) is -0.339. The third-order valence-electron chi connectivity index (χ3n) is 3.36. The third kappa shape index (κ3) is 8.08. The first kappa shape index (κ1) is 22.4. The summed E-state index contributed by atoms with van der Waals surface area (Å²) < 4.78 is 20.1. The third-order valence-corrected chi connectivity index (χ3v) is 3.36. The second-order valence-electron chi connectivity index (χ2n) is 6.73. The fourth-order valence-corrected chi connectivity index (χ4v) is 2.20. The molecule has 150 valence electrons. The number of nitrogens with one attached hydrogen (secondary N) is 1. The maximum atomic E-state index is 12.5. The highest BCUT2D eigenvalue weighted by Gasteiger charge is 2.26.